The van der Waals surface area contributed by atoms with Crippen LogP contribution in [-0.2, 0) is 0 Å². The summed E-state index contributed by atoms with van der Waals surface area (Å²) < 4.78 is 24.8. The highest BCUT2D eigenvalue weighted by atomic mass is 19.3. The molecule has 0 saturated heterocycles. The molecule has 18 heavy (non-hydrogen) atoms. The molecule has 2 N–H and O–H groups in total. The molecule has 1 aromatic rings. The van der Waals surface area contributed by atoms with Gasteiger partial charge in [0.25, 0.3) is 6.43 Å². The maximum Gasteiger partial charge on any atom is 0.263 e. The van der Waals surface area contributed by atoms with Crippen LogP contribution in [0.4, 0.5) is 8.78 Å². The molecule has 0 aliphatic rings. The van der Waals surface area contributed by atoms with E-state index in [-0.39, 0.29) is 18.2 Å². The Balaban J connectivity index is 2.58. The normalized spacial score (nSPS) is 13.3. The second-order valence-corrected chi connectivity index (χ2v) is 4.46. The third-order valence-corrected chi connectivity index (χ3v) is 2.72. The predicted molar refractivity (Wildman–Crippen MR) is 67.8 cm³/mol. The number of aliphatic hydroxyl groups is 1. The Morgan fingerprint density at radius 1 is 1.17 bits per heavy atom. The number of hydrogen-bond acceptors (Lipinski definition) is 3. The zero-order valence-electron chi connectivity index (χ0n) is 10.7. The summed E-state index contributed by atoms with van der Waals surface area (Å²) in [5.41, 5.74) is 0.824. The number of nitrogens with one attached hydrogen (secondary N) is 1. The van der Waals surface area contributed by atoms with Crippen molar-refractivity contribution in [3.05, 3.63) is 35.4 Å². The number of aliphatic hydroxyl groups excluding tert-OH is 1. The lowest BCUT2D eigenvalue weighted by molar-refractivity contribution is 0.151. The summed E-state index contributed by atoms with van der Waals surface area (Å²) in [5, 5.41) is 12.5. The van der Waals surface area contributed by atoms with E-state index in [4.69, 9.17) is 0 Å². The van der Waals surface area contributed by atoms with Crippen LogP contribution in [0.25, 0.3) is 0 Å². The van der Waals surface area contributed by atoms with Crippen LogP contribution in [0, 0.1) is 0 Å². The van der Waals surface area contributed by atoms with Crippen LogP contribution >= 0.6 is 0 Å². The standard InChI is InChI=1S/C13H20F2N2O/c1-17(2)8-7-16-12(9-18)10-3-5-11(6-4-10)13(14)15/h3-6,12-13,16,18H,7-9H2,1-2H3. The summed E-state index contributed by atoms with van der Waals surface area (Å²) in [6, 6.07) is 5.85. The van der Waals surface area contributed by atoms with Gasteiger partial charge in [0.1, 0.15) is 0 Å². The van der Waals surface area contributed by atoms with Crippen LogP contribution in [0.15, 0.2) is 24.3 Å². The lowest BCUT2D eigenvalue weighted by Crippen LogP contribution is -2.31. The lowest BCUT2D eigenvalue weighted by Gasteiger charge is -2.18. The third-order valence-electron chi connectivity index (χ3n) is 2.72. The molecule has 0 amide bonds. The molecular formula is C13H20F2N2O. The fourth-order valence-electron chi connectivity index (χ4n) is 1.62. The number of hydrogen-bond donors (Lipinski definition) is 2. The van der Waals surface area contributed by atoms with Gasteiger partial charge in [-0.05, 0) is 19.7 Å². The van der Waals surface area contributed by atoms with Gasteiger partial charge in [0.15, 0.2) is 0 Å². The smallest absolute Gasteiger partial charge is 0.263 e. The second kappa shape index (κ2) is 7.41. The van der Waals surface area contributed by atoms with Gasteiger partial charge in [-0.1, -0.05) is 24.3 Å². The minimum atomic E-state index is -2.45. The summed E-state index contributed by atoms with van der Waals surface area (Å²) in [6.07, 6.45) is -2.45. The van der Waals surface area contributed by atoms with Gasteiger partial charge < -0.3 is 15.3 Å². The number of benzene rings is 1. The van der Waals surface area contributed by atoms with Gasteiger partial charge in [0, 0.05) is 18.7 Å². The van der Waals surface area contributed by atoms with Crippen molar-refractivity contribution in [2.24, 2.45) is 0 Å². The van der Waals surface area contributed by atoms with Crippen LogP contribution in [-0.4, -0.2) is 43.8 Å². The summed E-state index contributed by atoms with van der Waals surface area (Å²) in [6.45, 7) is 1.53. The maximum absolute atomic E-state index is 12.4. The van der Waals surface area contributed by atoms with E-state index in [1.54, 1.807) is 12.1 Å². The van der Waals surface area contributed by atoms with Crippen molar-refractivity contribution in [3.8, 4) is 0 Å². The van der Waals surface area contributed by atoms with E-state index in [2.05, 4.69) is 5.32 Å². The maximum atomic E-state index is 12.4. The number of nitrogens with zero attached hydrogens (tertiary/aromatic N) is 1. The zero-order chi connectivity index (χ0) is 13.5. The first kappa shape index (κ1) is 15.0. The first-order chi connectivity index (χ1) is 8.54. The molecule has 0 bridgehead atoms. The van der Waals surface area contributed by atoms with Gasteiger partial charge >= 0.3 is 0 Å². The van der Waals surface area contributed by atoms with E-state index in [1.165, 1.54) is 12.1 Å². The van der Waals surface area contributed by atoms with Gasteiger partial charge in [0.05, 0.1) is 12.6 Å². The Hall–Kier alpha value is -1.04. The first-order valence-electron chi connectivity index (χ1n) is 5.91. The van der Waals surface area contributed by atoms with Crippen molar-refractivity contribution >= 4 is 0 Å². The number of rotatable bonds is 7. The average Bonchev–Trinajstić information content (AvgIpc) is 2.34. The largest absolute Gasteiger partial charge is 0.394 e. The minimum absolute atomic E-state index is 0.00345. The Bertz CT molecular complexity index is 341. The topological polar surface area (TPSA) is 35.5 Å². The van der Waals surface area contributed by atoms with Crippen LogP contribution in [0.1, 0.15) is 23.6 Å². The highest BCUT2D eigenvalue weighted by Crippen LogP contribution is 2.21. The Morgan fingerprint density at radius 3 is 2.17 bits per heavy atom. The fourth-order valence-corrected chi connectivity index (χ4v) is 1.62. The van der Waals surface area contributed by atoms with E-state index >= 15 is 0 Å². The highest BCUT2D eigenvalue weighted by molar-refractivity contribution is 5.25. The van der Waals surface area contributed by atoms with Gasteiger partial charge in [-0.15, -0.1) is 0 Å². The fraction of sp³-hybridized carbons (Fsp3) is 0.538. The highest BCUT2D eigenvalue weighted by Gasteiger charge is 2.11. The molecule has 0 spiro atoms. The second-order valence-electron chi connectivity index (χ2n) is 4.46. The zero-order valence-corrected chi connectivity index (χ0v) is 10.7. The SMILES string of the molecule is CN(C)CCNC(CO)c1ccc(C(F)F)cc1. The molecule has 0 aliphatic carbocycles. The first-order valence-corrected chi connectivity index (χ1v) is 5.91. The van der Waals surface area contributed by atoms with Crippen molar-refractivity contribution in [1.29, 1.82) is 0 Å². The predicted octanol–water partition coefficient (Wildman–Crippen LogP) is 1.81. The molecule has 1 unspecified atom stereocenters. The molecule has 1 atom stereocenters. The Labute approximate surface area is 106 Å². The van der Waals surface area contributed by atoms with Gasteiger partial charge in [-0.3, -0.25) is 0 Å². The van der Waals surface area contributed by atoms with Gasteiger partial charge in [-0.2, -0.15) is 0 Å². The molecule has 102 valence electrons. The van der Waals surface area contributed by atoms with Gasteiger partial charge in [0.2, 0.25) is 0 Å². The van der Waals surface area contributed by atoms with Crippen molar-refractivity contribution in [3.63, 3.8) is 0 Å². The molecule has 0 radical (unpaired) electrons. The van der Waals surface area contributed by atoms with E-state index in [9.17, 15) is 13.9 Å². The molecule has 0 aromatic heterocycles. The number of alkyl halides is 2. The molecule has 1 aromatic carbocycles. The molecular weight excluding hydrogens is 238 g/mol. The van der Waals surface area contributed by atoms with Crippen LogP contribution in [0.5, 0.6) is 0 Å². The van der Waals surface area contributed by atoms with E-state index in [0.29, 0.717) is 0 Å². The van der Waals surface area contributed by atoms with Crippen molar-refractivity contribution < 1.29 is 13.9 Å². The Kier molecular flexibility index (Phi) is 6.18. The molecule has 0 heterocycles. The minimum Gasteiger partial charge on any atom is -0.394 e. The summed E-state index contributed by atoms with van der Waals surface area (Å²) >= 11 is 0. The molecule has 5 heteroatoms. The lowest BCUT2D eigenvalue weighted by atomic mass is 10.1. The van der Waals surface area contributed by atoms with Crippen molar-refractivity contribution in [1.82, 2.24) is 10.2 Å². The molecule has 1 rings (SSSR count). The average molecular weight is 258 g/mol. The monoisotopic (exact) mass is 258 g/mol. The molecule has 3 nitrogen and oxygen atoms in total. The number of halogens is 2. The summed E-state index contributed by atoms with van der Waals surface area (Å²) in [4.78, 5) is 2.03. The van der Waals surface area contributed by atoms with E-state index in [0.717, 1.165) is 18.7 Å². The van der Waals surface area contributed by atoms with E-state index < -0.39 is 6.43 Å². The summed E-state index contributed by atoms with van der Waals surface area (Å²) in [5.74, 6) is 0. The third kappa shape index (κ3) is 4.68. The van der Waals surface area contributed by atoms with Crippen LogP contribution < -0.4 is 5.32 Å². The Morgan fingerprint density at radius 2 is 1.72 bits per heavy atom. The quantitative estimate of drug-likeness (QED) is 0.783. The number of likely N-dealkylation sites (N-methyl/N-ethyl adjacent to an activating group) is 1. The van der Waals surface area contributed by atoms with Crippen LogP contribution in [0.3, 0.4) is 0 Å². The van der Waals surface area contributed by atoms with E-state index in [1.807, 2.05) is 19.0 Å². The molecule has 0 aliphatic heterocycles. The molecule has 0 fully saturated rings. The van der Waals surface area contributed by atoms with Crippen molar-refractivity contribution in [2.75, 3.05) is 33.8 Å². The van der Waals surface area contributed by atoms with Gasteiger partial charge in [-0.25, -0.2) is 8.78 Å². The van der Waals surface area contributed by atoms with Crippen molar-refractivity contribution in [2.45, 2.75) is 12.5 Å². The van der Waals surface area contributed by atoms with Crippen LogP contribution in [0.2, 0.25) is 0 Å². The molecule has 0 saturated carbocycles. The summed E-state index contributed by atoms with van der Waals surface area (Å²) in [7, 11) is 3.93.